The molecule has 1 saturated heterocycles. The number of rotatable bonds is 3. The summed E-state index contributed by atoms with van der Waals surface area (Å²) in [4.78, 5) is 9.09. The van der Waals surface area contributed by atoms with Gasteiger partial charge in [-0.1, -0.05) is 45.0 Å². The zero-order valence-electron chi connectivity index (χ0n) is 15.4. The van der Waals surface area contributed by atoms with Crippen LogP contribution in [-0.4, -0.2) is 36.1 Å². The SMILES string of the molecule is CC(C)(C)c1ccc(CN2CCN(c3ncccc3C#N)CC2)cc1. The molecule has 0 spiro atoms. The highest BCUT2D eigenvalue weighted by Crippen LogP contribution is 2.23. The van der Waals surface area contributed by atoms with E-state index in [1.165, 1.54) is 11.1 Å². The van der Waals surface area contributed by atoms with Gasteiger partial charge in [-0.3, -0.25) is 4.90 Å². The maximum absolute atomic E-state index is 9.25. The first-order chi connectivity index (χ1) is 12.0. The molecule has 0 aliphatic carbocycles. The summed E-state index contributed by atoms with van der Waals surface area (Å²) in [6.45, 7) is 11.5. The van der Waals surface area contributed by atoms with Gasteiger partial charge in [-0.25, -0.2) is 4.98 Å². The molecule has 3 rings (SSSR count). The van der Waals surface area contributed by atoms with Gasteiger partial charge in [-0.05, 0) is 28.7 Å². The molecule has 0 unspecified atom stereocenters. The van der Waals surface area contributed by atoms with Crippen LogP contribution in [0.5, 0.6) is 0 Å². The predicted molar refractivity (Wildman–Crippen MR) is 102 cm³/mol. The van der Waals surface area contributed by atoms with E-state index in [2.05, 4.69) is 65.9 Å². The van der Waals surface area contributed by atoms with E-state index in [-0.39, 0.29) is 5.41 Å². The summed E-state index contributed by atoms with van der Waals surface area (Å²) < 4.78 is 0. The molecule has 1 aliphatic heterocycles. The Morgan fingerprint density at radius 3 is 2.32 bits per heavy atom. The Balaban J connectivity index is 1.59. The van der Waals surface area contributed by atoms with Gasteiger partial charge in [0.1, 0.15) is 11.9 Å². The standard InChI is InChI=1S/C21H26N4/c1-21(2,3)19-8-6-17(7-9-19)16-24-11-13-25(14-12-24)20-18(15-22)5-4-10-23-20/h4-10H,11-14,16H2,1-3H3. The van der Waals surface area contributed by atoms with Gasteiger partial charge >= 0.3 is 0 Å². The molecule has 1 aromatic heterocycles. The Hall–Kier alpha value is -2.38. The van der Waals surface area contributed by atoms with Crippen molar-refractivity contribution < 1.29 is 0 Å². The Bertz CT molecular complexity index is 745. The summed E-state index contributed by atoms with van der Waals surface area (Å²) in [5.74, 6) is 0.819. The number of hydrogen-bond acceptors (Lipinski definition) is 4. The van der Waals surface area contributed by atoms with Crippen LogP contribution in [0.15, 0.2) is 42.6 Å². The summed E-state index contributed by atoms with van der Waals surface area (Å²) >= 11 is 0. The Labute approximate surface area is 150 Å². The van der Waals surface area contributed by atoms with Crippen molar-refractivity contribution in [1.82, 2.24) is 9.88 Å². The molecule has 4 heteroatoms. The minimum absolute atomic E-state index is 0.200. The van der Waals surface area contributed by atoms with Crippen LogP contribution in [-0.2, 0) is 12.0 Å². The van der Waals surface area contributed by atoms with Crippen LogP contribution in [0.25, 0.3) is 0 Å². The van der Waals surface area contributed by atoms with Crippen LogP contribution in [0.3, 0.4) is 0 Å². The number of pyridine rings is 1. The fraction of sp³-hybridized carbons (Fsp3) is 0.429. The van der Waals surface area contributed by atoms with Crippen molar-refractivity contribution in [3.05, 3.63) is 59.3 Å². The van der Waals surface area contributed by atoms with Crippen molar-refractivity contribution in [1.29, 1.82) is 5.26 Å². The number of nitriles is 1. The number of aromatic nitrogens is 1. The highest BCUT2D eigenvalue weighted by atomic mass is 15.3. The zero-order chi connectivity index (χ0) is 17.9. The number of nitrogens with zero attached hydrogens (tertiary/aromatic N) is 4. The van der Waals surface area contributed by atoms with Crippen molar-refractivity contribution in [2.24, 2.45) is 0 Å². The van der Waals surface area contributed by atoms with E-state index in [4.69, 9.17) is 0 Å². The lowest BCUT2D eigenvalue weighted by Gasteiger charge is -2.35. The second-order valence-electron chi connectivity index (χ2n) is 7.70. The monoisotopic (exact) mass is 334 g/mol. The van der Waals surface area contributed by atoms with E-state index in [1.807, 2.05) is 12.1 Å². The van der Waals surface area contributed by atoms with Gasteiger partial charge in [0.15, 0.2) is 0 Å². The van der Waals surface area contributed by atoms with E-state index >= 15 is 0 Å². The molecule has 0 amide bonds. The van der Waals surface area contributed by atoms with E-state index in [0.717, 1.165) is 38.5 Å². The van der Waals surface area contributed by atoms with Crippen molar-refractivity contribution >= 4 is 5.82 Å². The lowest BCUT2D eigenvalue weighted by atomic mass is 9.87. The van der Waals surface area contributed by atoms with Crippen molar-refractivity contribution in [3.8, 4) is 6.07 Å². The van der Waals surface area contributed by atoms with E-state index in [0.29, 0.717) is 5.56 Å². The highest BCUT2D eigenvalue weighted by molar-refractivity contribution is 5.53. The molecule has 2 aromatic rings. The number of anilines is 1. The topological polar surface area (TPSA) is 43.2 Å². The summed E-state index contributed by atoms with van der Waals surface area (Å²) in [6, 6.07) is 14.9. The van der Waals surface area contributed by atoms with Gasteiger partial charge in [0, 0.05) is 38.9 Å². The minimum Gasteiger partial charge on any atom is -0.353 e. The molecule has 2 heterocycles. The van der Waals surface area contributed by atoms with Crippen molar-refractivity contribution in [2.45, 2.75) is 32.7 Å². The summed E-state index contributed by atoms with van der Waals surface area (Å²) in [6.07, 6.45) is 1.76. The maximum atomic E-state index is 9.25. The Morgan fingerprint density at radius 2 is 1.72 bits per heavy atom. The van der Waals surface area contributed by atoms with Gasteiger partial charge in [0.25, 0.3) is 0 Å². The average molecular weight is 334 g/mol. The first kappa shape index (κ1) is 17.4. The normalized spacial score (nSPS) is 15.8. The van der Waals surface area contributed by atoms with Crippen LogP contribution < -0.4 is 4.90 Å². The fourth-order valence-corrected chi connectivity index (χ4v) is 3.22. The van der Waals surface area contributed by atoms with Gasteiger partial charge in [-0.2, -0.15) is 5.26 Å². The summed E-state index contributed by atoms with van der Waals surface area (Å²) in [7, 11) is 0. The van der Waals surface area contributed by atoms with Gasteiger partial charge in [0.2, 0.25) is 0 Å². The number of benzene rings is 1. The first-order valence-corrected chi connectivity index (χ1v) is 8.89. The third-order valence-corrected chi connectivity index (χ3v) is 4.81. The van der Waals surface area contributed by atoms with Crippen molar-refractivity contribution in [3.63, 3.8) is 0 Å². The van der Waals surface area contributed by atoms with Crippen LogP contribution in [0.4, 0.5) is 5.82 Å². The largest absolute Gasteiger partial charge is 0.353 e. The Morgan fingerprint density at radius 1 is 1.04 bits per heavy atom. The van der Waals surface area contributed by atoms with E-state index in [9.17, 15) is 5.26 Å². The fourth-order valence-electron chi connectivity index (χ4n) is 3.22. The van der Waals surface area contributed by atoms with Gasteiger partial charge < -0.3 is 4.90 Å². The predicted octanol–water partition coefficient (Wildman–Crippen LogP) is 3.57. The third kappa shape index (κ3) is 4.18. The minimum atomic E-state index is 0.200. The maximum Gasteiger partial charge on any atom is 0.146 e. The molecule has 0 radical (unpaired) electrons. The third-order valence-electron chi connectivity index (χ3n) is 4.81. The molecule has 25 heavy (non-hydrogen) atoms. The molecule has 0 bridgehead atoms. The number of piperazine rings is 1. The van der Waals surface area contributed by atoms with Crippen LogP contribution in [0, 0.1) is 11.3 Å². The van der Waals surface area contributed by atoms with Crippen LogP contribution in [0.2, 0.25) is 0 Å². The molecule has 1 aromatic carbocycles. The lowest BCUT2D eigenvalue weighted by molar-refractivity contribution is 0.249. The molecule has 0 atom stereocenters. The van der Waals surface area contributed by atoms with Crippen molar-refractivity contribution in [2.75, 3.05) is 31.1 Å². The number of hydrogen-bond donors (Lipinski definition) is 0. The molecular weight excluding hydrogens is 308 g/mol. The smallest absolute Gasteiger partial charge is 0.146 e. The lowest BCUT2D eigenvalue weighted by Crippen LogP contribution is -2.46. The molecule has 0 N–H and O–H groups in total. The molecule has 1 fully saturated rings. The second-order valence-corrected chi connectivity index (χ2v) is 7.70. The van der Waals surface area contributed by atoms with Crippen LogP contribution >= 0.6 is 0 Å². The second kappa shape index (κ2) is 7.25. The van der Waals surface area contributed by atoms with E-state index in [1.54, 1.807) is 6.20 Å². The first-order valence-electron chi connectivity index (χ1n) is 8.89. The molecule has 0 saturated carbocycles. The molecule has 130 valence electrons. The molecular formula is C21H26N4. The summed E-state index contributed by atoms with van der Waals surface area (Å²) in [5.41, 5.74) is 3.59. The highest BCUT2D eigenvalue weighted by Gasteiger charge is 2.20. The quantitative estimate of drug-likeness (QED) is 0.860. The average Bonchev–Trinajstić information content (AvgIpc) is 2.62. The Kier molecular flexibility index (Phi) is 5.06. The van der Waals surface area contributed by atoms with Gasteiger partial charge in [0.05, 0.1) is 5.56 Å². The molecule has 4 nitrogen and oxygen atoms in total. The van der Waals surface area contributed by atoms with Crippen LogP contribution in [0.1, 0.15) is 37.5 Å². The summed E-state index contributed by atoms with van der Waals surface area (Å²) in [5, 5.41) is 9.25. The molecule has 1 aliphatic rings. The van der Waals surface area contributed by atoms with Gasteiger partial charge in [-0.15, -0.1) is 0 Å². The van der Waals surface area contributed by atoms with E-state index < -0.39 is 0 Å². The zero-order valence-corrected chi connectivity index (χ0v) is 15.4.